The van der Waals surface area contributed by atoms with E-state index >= 15 is 0 Å². The molecule has 2 N–H and O–H groups in total. The van der Waals surface area contributed by atoms with E-state index in [1.165, 1.54) is 11.8 Å². The number of carbonyl (C=O) groups is 1. The third-order valence-corrected chi connectivity index (χ3v) is 2.79. The minimum Gasteiger partial charge on any atom is -0.366 e. The summed E-state index contributed by atoms with van der Waals surface area (Å²) in [5.41, 5.74) is 6.66. The highest BCUT2D eigenvalue weighted by molar-refractivity contribution is 7.98. The van der Waals surface area contributed by atoms with Crippen LogP contribution in [0, 0.1) is 0 Å². The fourth-order valence-corrected chi connectivity index (χ4v) is 1.88. The lowest BCUT2D eigenvalue weighted by molar-refractivity contribution is 0.100. The number of amides is 1. The molecule has 1 amide bonds. The summed E-state index contributed by atoms with van der Waals surface area (Å²) in [6, 6.07) is 9.22. The lowest BCUT2D eigenvalue weighted by Gasteiger charge is -2.04. The molecule has 0 aliphatic heterocycles. The van der Waals surface area contributed by atoms with Gasteiger partial charge in [-0.25, -0.2) is 4.98 Å². The molecule has 1 aromatic heterocycles. The first-order valence-electron chi connectivity index (χ1n) is 4.46. The SMILES string of the molecule is CSc1cc(C(N)=O)c2ccccc2n1. The van der Waals surface area contributed by atoms with E-state index in [1.807, 2.05) is 30.5 Å². The first-order chi connectivity index (χ1) is 7.22. The first-order valence-corrected chi connectivity index (χ1v) is 5.68. The van der Waals surface area contributed by atoms with Crippen molar-refractivity contribution in [1.82, 2.24) is 4.98 Å². The molecule has 0 aliphatic rings. The van der Waals surface area contributed by atoms with Crippen LogP contribution in [0.2, 0.25) is 0 Å². The zero-order valence-corrected chi connectivity index (χ0v) is 9.04. The lowest BCUT2D eigenvalue weighted by Crippen LogP contribution is -2.12. The van der Waals surface area contributed by atoms with E-state index in [-0.39, 0.29) is 0 Å². The van der Waals surface area contributed by atoms with Crippen molar-refractivity contribution in [2.45, 2.75) is 5.03 Å². The van der Waals surface area contributed by atoms with Gasteiger partial charge in [-0.15, -0.1) is 11.8 Å². The van der Waals surface area contributed by atoms with Crippen molar-refractivity contribution < 1.29 is 4.79 Å². The zero-order chi connectivity index (χ0) is 10.8. The number of para-hydroxylation sites is 1. The van der Waals surface area contributed by atoms with Gasteiger partial charge in [0.1, 0.15) is 0 Å². The second kappa shape index (κ2) is 3.90. The second-order valence-corrected chi connectivity index (χ2v) is 3.92. The van der Waals surface area contributed by atoms with E-state index in [4.69, 9.17) is 5.73 Å². The Balaban J connectivity index is 2.80. The number of nitrogens with zero attached hydrogens (tertiary/aromatic N) is 1. The van der Waals surface area contributed by atoms with Crippen LogP contribution in [-0.2, 0) is 0 Å². The third-order valence-electron chi connectivity index (χ3n) is 2.17. The number of fused-ring (bicyclic) bond motifs is 1. The van der Waals surface area contributed by atoms with Gasteiger partial charge in [0, 0.05) is 5.39 Å². The van der Waals surface area contributed by atoms with E-state index in [1.54, 1.807) is 6.07 Å². The van der Waals surface area contributed by atoms with E-state index in [2.05, 4.69) is 4.98 Å². The quantitative estimate of drug-likeness (QED) is 0.785. The summed E-state index contributed by atoms with van der Waals surface area (Å²) in [5.74, 6) is -0.413. The molecule has 3 nitrogen and oxygen atoms in total. The van der Waals surface area contributed by atoms with Gasteiger partial charge in [0.25, 0.3) is 0 Å². The average molecular weight is 218 g/mol. The smallest absolute Gasteiger partial charge is 0.249 e. The van der Waals surface area contributed by atoms with E-state index in [9.17, 15) is 4.79 Å². The number of rotatable bonds is 2. The molecule has 2 rings (SSSR count). The predicted octanol–water partition coefficient (Wildman–Crippen LogP) is 2.06. The number of carbonyl (C=O) groups excluding carboxylic acids is 1. The Morgan fingerprint density at radius 1 is 1.40 bits per heavy atom. The molecular formula is C11H10N2OS. The Bertz CT molecular complexity index is 525. The Labute approximate surface area is 91.7 Å². The Morgan fingerprint density at radius 3 is 2.80 bits per heavy atom. The molecular weight excluding hydrogens is 208 g/mol. The molecule has 1 heterocycles. The van der Waals surface area contributed by atoms with Crippen LogP contribution in [0.4, 0.5) is 0 Å². The maximum atomic E-state index is 11.3. The minimum atomic E-state index is -0.413. The molecule has 0 radical (unpaired) electrons. The lowest BCUT2D eigenvalue weighted by atomic mass is 10.1. The third kappa shape index (κ3) is 1.80. The number of hydrogen-bond acceptors (Lipinski definition) is 3. The number of hydrogen-bond donors (Lipinski definition) is 1. The fourth-order valence-electron chi connectivity index (χ4n) is 1.46. The summed E-state index contributed by atoms with van der Waals surface area (Å²) in [7, 11) is 0. The summed E-state index contributed by atoms with van der Waals surface area (Å²) >= 11 is 1.50. The molecule has 0 unspecified atom stereocenters. The van der Waals surface area contributed by atoms with Crippen LogP contribution in [0.15, 0.2) is 35.4 Å². The van der Waals surface area contributed by atoms with E-state index in [0.29, 0.717) is 5.56 Å². The highest BCUT2D eigenvalue weighted by Gasteiger charge is 2.08. The van der Waals surface area contributed by atoms with Gasteiger partial charge in [0.05, 0.1) is 16.1 Å². The Hall–Kier alpha value is -1.55. The maximum absolute atomic E-state index is 11.3. The highest BCUT2D eigenvalue weighted by atomic mass is 32.2. The topological polar surface area (TPSA) is 56.0 Å². The number of nitrogens with two attached hydrogens (primary N) is 1. The molecule has 4 heteroatoms. The first kappa shape index (κ1) is 9.98. The maximum Gasteiger partial charge on any atom is 0.249 e. The molecule has 2 aromatic rings. The zero-order valence-electron chi connectivity index (χ0n) is 8.23. The van der Waals surface area contributed by atoms with Gasteiger partial charge in [-0.3, -0.25) is 4.79 Å². The number of benzene rings is 1. The van der Waals surface area contributed by atoms with Crippen LogP contribution in [0.1, 0.15) is 10.4 Å². The largest absolute Gasteiger partial charge is 0.366 e. The highest BCUT2D eigenvalue weighted by Crippen LogP contribution is 2.22. The molecule has 0 saturated heterocycles. The van der Waals surface area contributed by atoms with Gasteiger partial charge in [-0.2, -0.15) is 0 Å². The van der Waals surface area contributed by atoms with Crippen LogP contribution < -0.4 is 5.73 Å². The summed E-state index contributed by atoms with van der Waals surface area (Å²) in [5, 5.41) is 1.62. The monoisotopic (exact) mass is 218 g/mol. The molecule has 76 valence electrons. The average Bonchev–Trinajstić information content (AvgIpc) is 2.27. The fraction of sp³-hybridized carbons (Fsp3) is 0.0909. The van der Waals surface area contributed by atoms with Gasteiger partial charge in [0.2, 0.25) is 5.91 Å². The number of thioether (sulfide) groups is 1. The molecule has 0 atom stereocenters. The molecule has 0 aliphatic carbocycles. The van der Waals surface area contributed by atoms with Gasteiger partial charge >= 0.3 is 0 Å². The number of primary amides is 1. The van der Waals surface area contributed by atoms with Gasteiger partial charge < -0.3 is 5.73 Å². The predicted molar refractivity (Wildman–Crippen MR) is 62.0 cm³/mol. The van der Waals surface area contributed by atoms with Crippen LogP contribution in [0.3, 0.4) is 0 Å². The van der Waals surface area contributed by atoms with Gasteiger partial charge in [0.15, 0.2) is 0 Å². The van der Waals surface area contributed by atoms with Crippen molar-refractivity contribution in [3.63, 3.8) is 0 Å². The van der Waals surface area contributed by atoms with E-state index < -0.39 is 5.91 Å². The van der Waals surface area contributed by atoms with E-state index in [0.717, 1.165) is 15.9 Å². The van der Waals surface area contributed by atoms with Gasteiger partial charge in [-0.05, 0) is 18.4 Å². The molecule has 1 aromatic carbocycles. The standard InChI is InChI=1S/C11H10N2OS/c1-15-10-6-8(11(12)14)7-4-2-3-5-9(7)13-10/h2-6H,1H3,(H2,12,14). The van der Waals surface area contributed by atoms with Crippen molar-refractivity contribution in [1.29, 1.82) is 0 Å². The molecule has 0 bridgehead atoms. The van der Waals surface area contributed by atoms with Crippen LogP contribution in [-0.4, -0.2) is 17.1 Å². The molecule has 15 heavy (non-hydrogen) atoms. The van der Waals surface area contributed by atoms with Crippen molar-refractivity contribution in [2.24, 2.45) is 5.73 Å². The van der Waals surface area contributed by atoms with Gasteiger partial charge in [-0.1, -0.05) is 18.2 Å². The number of aromatic nitrogens is 1. The van der Waals surface area contributed by atoms with Crippen molar-refractivity contribution >= 4 is 28.6 Å². The second-order valence-electron chi connectivity index (χ2n) is 3.09. The summed E-state index contributed by atoms with van der Waals surface area (Å²) in [6.07, 6.45) is 1.92. The minimum absolute atomic E-state index is 0.413. The molecule has 0 fully saturated rings. The van der Waals surface area contributed by atoms with Crippen LogP contribution in [0.5, 0.6) is 0 Å². The molecule has 0 saturated carbocycles. The summed E-state index contributed by atoms with van der Waals surface area (Å²) < 4.78 is 0. The van der Waals surface area contributed by atoms with Crippen molar-refractivity contribution in [3.8, 4) is 0 Å². The summed E-state index contributed by atoms with van der Waals surface area (Å²) in [6.45, 7) is 0. The normalized spacial score (nSPS) is 10.5. The number of pyridine rings is 1. The Morgan fingerprint density at radius 2 is 2.13 bits per heavy atom. The van der Waals surface area contributed by atoms with Crippen molar-refractivity contribution in [2.75, 3.05) is 6.26 Å². The molecule has 0 spiro atoms. The Kier molecular flexibility index (Phi) is 2.60. The van der Waals surface area contributed by atoms with Crippen LogP contribution >= 0.6 is 11.8 Å². The van der Waals surface area contributed by atoms with Crippen LogP contribution in [0.25, 0.3) is 10.9 Å². The summed E-state index contributed by atoms with van der Waals surface area (Å²) in [4.78, 5) is 15.7. The van der Waals surface area contributed by atoms with Crippen molar-refractivity contribution in [3.05, 3.63) is 35.9 Å².